The summed E-state index contributed by atoms with van der Waals surface area (Å²) in [5.41, 5.74) is 1.10. The van der Waals surface area contributed by atoms with Crippen molar-refractivity contribution in [3.63, 3.8) is 0 Å². The highest BCUT2D eigenvalue weighted by Crippen LogP contribution is 2.09. The number of methoxy groups -OCH3 is 1. The summed E-state index contributed by atoms with van der Waals surface area (Å²) < 4.78 is 5.08. The van der Waals surface area contributed by atoms with Crippen molar-refractivity contribution in [3.05, 3.63) is 23.9 Å². The molecule has 1 unspecified atom stereocenters. The molecule has 84 valence electrons. The molecule has 0 radical (unpaired) electrons. The van der Waals surface area contributed by atoms with Crippen LogP contribution in [-0.2, 0) is 6.42 Å². The maximum atomic E-state index is 5.08. The predicted molar refractivity (Wildman–Crippen MR) is 62.2 cm³/mol. The molecule has 1 rings (SSSR count). The van der Waals surface area contributed by atoms with E-state index in [1.54, 1.807) is 7.11 Å². The third-order valence-corrected chi connectivity index (χ3v) is 2.38. The molecule has 15 heavy (non-hydrogen) atoms. The van der Waals surface area contributed by atoms with Gasteiger partial charge in [0.05, 0.1) is 7.11 Å². The van der Waals surface area contributed by atoms with Gasteiger partial charge >= 0.3 is 0 Å². The van der Waals surface area contributed by atoms with Crippen molar-refractivity contribution in [2.45, 2.75) is 32.7 Å². The van der Waals surface area contributed by atoms with E-state index >= 15 is 0 Å². The molecular weight excluding hydrogens is 188 g/mol. The monoisotopic (exact) mass is 208 g/mol. The Kier molecular flexibility index (Phi) is 5.12. The Hall–Kier alpha value is -1.09. The molecule has 0 aromatic carbocycles. The Labute approximate surface area is 91.9 Å². The first kappa shape index (κ1) is 12.0. The van der Waals surface area contributed by atoms with Gasteiger partial charge in [0.1, 0.15) is 0 Å². The molecule has 1 heterocycles. The fourth-order valence-corrected chi connectivity index (χ4v) is 1.53. The number of ether oxygens (including phenoxy) is 1. The molecular formula is C12H20N2O. The maximum Gasteiger partial charge on any atom is 0.213 e. The van der Waals surface area contributed by atoms with Crippen LogP contribution in [0.15, 0.2) is 18.2 Å². The van der Waals surface area contributed by atoms with Gasteiger partial charge < -0.3 is 10.1 Å². The molecule has 0 aliphatic rings. The number of hydrogen-bond acceptors (Lipinski definition) is 3. The second-order valence-electron chi connectivity index (χ2n) is 3.67. The standard InChI is InChI=1S/C12H20N2O/c1-4-13-10(2)8-9-11-6-5-7-12(14-11)15-3/h5-7,10,13H,4,8-9H2,1-3H3. The zero-order valence-corrected chi connectivity index (χ0v) is 9.79. The lowest BCUT2D eigenvalue weighted by atomic mass is 10.1. The fourth-order valence-electron chi connectivity index (χ4n) is 1.53. The Morgan fingerprint density at radius 3 is 2.93 bits per heavy atom. The van der Waals surface area contributed by atoms with Crippen molar-refractivity contribution < 1.29 is 4.74 Å². The molecule has 3 nitrogen and oxygen atoms in total. The van der Waals surface area contributed by atoms with Crippen LogP contribution in [0.3, 0.4) is 0 Å². The topological polar surface area (TPSA) is 34.1 Å². The van der Waals surface area contributed by atoms with Gasteiger partial charge in [0.25, 0.3) is 0 Å². The number of nitrogens with one attached hydrogen (secondary N) is 1. The smallest absolute Gasteiger partial charge is 0.213 e. The van der Waals surface area contributed by atoms with Crippen molar-refractivity contribution in [3.8, 4) is 5.88 Å². The Bertz CT molecular complexity index is 289. The largest absolute Gasteiger partial charge is 0.481 e. The summed E-state index contributed by atoms with van der Waals surface area (Å²) in [4.78, 5) is 4.37. The molecule has 1 aromatic rings. The van der Waals surface area contributed by atoms with Crippen LogP contribution in [0.1, 0.15) is 26.0 Å². The van der Waals surface area contributed by atoms with Gasteiger partial charge in [-0.25, -0.2) is 4.98 Å². The molecule has 1 N–H and O–H groups in total. The maximum absolute atomic E-state index is 5.08. The van der Waals surface area contributed by atoms with Gasteiger partial charge in [-0.05, 0) is 32.4 Å². The number of nitrogens with zero attached hydrogens (tertiary/aromatic N) is 1. The first-order chi connectivity index (χ1) is 7.26. The van der Waals surface area contributed by atoms with Crippen LogP contribution >= 0.6 is 0 Å². The number of aromatic nitrogens is 1. The first-order valence-corrected chi connectivity index (χ1v) is 5.49. The quantitative estimate of drug-likeness (QED) is 0.776. The molecule has 1 atom stereocenters. The summed E-state index contributed by atoms with van der Waals surface area (Å²) >= 11 is 0. The molecule has 0 bridgehead atoms. The highest BCUT2D eigenvalue weighted by Gasteiger charge is 2.02. The molecule has 0 amide bonds. The number of pyridine rings is 1. The van der Waals surface area contributed by atoms with Crippen LogP contribution < -0.4 is 10.1 Å². The molecule has 0 aliphatic heterocycles. The van der Waals surface area contributed by atoms with E-state index < -0.39 is 0 Å². The van der Waals surface area contributed by atoms with Gasteiger partial charge in [-0.2, -0.15) is 0 Å². The lowest BCUT2D eigenvalue weighted by Crippen LogP contribution is -2.25. The van der Waals surface area contributed by atoms with Crippen LogP contribution in [0.5, 0.6) is 5.88 Å². The normalized spacial score (nSPS) is 12.5. The third kappa shape index (κ3) is 4.30. The van der Waals surface area contributed by atoms with Crippen LogP contribution in [0.25, 0.3) is 0 Å². The summed E-state index contributed by atoms with van der Waals surface area (Å²) in [6.45, 7) is 5.34. The van der Waals surface area contributed by atoms with Crippen molar-refractivity contribution in [2.75, 3.05) is 13.7 Å². The van der Waals surface area contributed by atoms with E-state index in [4.69, 9.17) is 4.74 Å². The predicted octanol–water partition coefficient (Wildman–Crippen LogP) is 2.02. The molecule has 0 spiro atoms. The summed E-state index contributed by atoms with van der Waals surface area (Å²) in [5.74, 6) is 0.698. The average Bonchev–Trinajstić information content (AvgIpc) is 2.27. The van der Waals surface area contributed by atoms with E-state index in [0.717, 1.165) is 25.1 Å². The van der Waals surface area contributed by atoms with Crippen LogP contribution in [0, 0.1) is 0 Å². The SMILES string of the molecule is CCNC(C)CCc1cccc(OC)n1. The Balaban J connectivity index is 2.43. The first-order valence-electron chi connectivity index (χ1n) is 5.49. The fraction of sp³-hybridized carbons (Fsp3) is 0.583. The van der Waals surface area contributed by atoms with E-state index in [-0.39, 0.29) is 0 Å². The zero-order valence-electron chi connectivity index (χ0n) is 9.79. The highest BCUT2D eigenvalue weighted by molar-refractivity contribution is 5.15. The zero-order chi connectivity index (χ0) is 11.1. The minimum atomic E-state index is 0.544. The number of rotatable bonds is 6. The van der Waals surface area contributed by atoms with Crippen LogP contribution in [0.4, 0.5) is 0 Å². The van der Waals surface area contributed by atoms with Crippen molar-refractivity contribution in [1.29, 1.82) is 0 Å². The second-order valence-corrected chi connectivity index (χ2v) is 3.67. The van der Waals surface area contributed by atoms with Gasteiger partial charge in [-0.3, -0.25) is 0 Å². The minimum absolute atomic E-state index is 0.544. The van der Waals surface area contributed by atoms with E-state index in [1.807, 2.05) is 18.2 Å². The highest BCUT2D eigenvalue weighted by atomic mass is 16.5. The summed E-state index contributed by atoms with van der Waals surface area (Å²) in [6.07, 6.45) is 2.10. The number of aryl methyl sites for hydroxylation is 1. The van der Waals surface area contributed by atoms with Gasteiger partial charge in [-0.15, -0.1) is 0 Å². The summed E-state index contributed by atoms with van der Waals surface area (Å²) in [6, 6.07) is 6.44. The molecule has 1 aromatic heterocycles. The van der Waals surface area contributed by atoms with E-state index in [2.05, 4.69) is 24.1 Å². The van der Waals surface area contributed by atoms with Crippen molar-refractivity contribution >= 4 is 0 Å². The third-order valence-electron chi connectivity index (χ3n) is 2.38. The van der Waals surface area contributed by atoms with Gasteiger partial charge in [0.2, 0.25) is 5.88 Å². The molecule has 3 heteroatoms. The Morgan fingerprint density at radius 2 is 2.27 bits per heavy atom. The van der Waals surface area contributed by atoms with Crippen molar-refractivity contribution in [1.82, 2.24) is 10.3 Å². The van der Waals surface area contributed by atoms with Crippen LogP contribution in [0.2, 0.25) is 0 Å². The van der Waals surface area contributed by atoms with Crippen molar-refractivity contribution in [2.24, 2.45) is 0 Å². The van der Waals surface area contributed by atoms with E-state index in [1.165, 1.54) is 0 Å². The van der Waals surface area contributed by atoms with Gasteiger partial charge in [0.15, 0.2) is 0 Å². The molecule has 0 fully saturated rings. The summed E-state index contributed by atoms with van der Waals surface area (Å²) in [5, 5.41) is 3.39. The molecule has 0 aliphatic carbocycles. The second kappa shape index (κ2) is 6.40. The molecule has 0 saturated carbocycles. The molecule has 0 saturated heterocycles. The van der Waals surface area contributed by atoms with E-state index in [9.17, 15) is 0 Å². The van der Waals surface area contributed by atoms with E-state index in [0.29, 0.717) is 11.9 Å². The van der Waals surface area contributed by atoms with Gasteiger partial charge in [-0.1, -0.05) is 13.0 Å². The lowest BCUT2D eigenvalue weighted by Gasteiger charge is -2.11. The Morgan fingerprint density at radius 1 is 1.47 bits per heavy atom. The summed E-state index contributed by atoms with van der Waals surface area (Å²) in [7, 11) is 1.65. The van der Waals surface area contributed by atoms with Crippen LogP contribution in [-0.4, -0.2) is 24.7 Å². The minimum Gasteiger partial charge on any atom is -0.481 e. The number of hydrogen-bond donors (Lipinski definition) is 1. The lowest BCUT2D eigenvalue weighted by molar-refractivity contribution is 0.395. The van der Waals surface area contributed by atoms with Gasteiger partial charge in [0, 0.05) is 17.8 Å². The average molecular weight is 208 g/mol.